The summed E-state index contributed by atoms with van der Waals surface area (Å²) >= 11 is 6.73. The van der Waals surface area contributed by atoms with Crippen molar-refractivity contribution in [1.29, 1.82) is 0 Å². The van der Waals surface area contributed by atoms with E-state index in [4.69, 9.17) is 18.9 Å². The van der Waals surface area contributed by atoms with E-state index in [1.54, 1.807) is 84.9 Å². The summed E-state index contributed by atoms with van der Waals surface area (Å²) in [5.74, 6) is -0.587. The molecule has 4 rings (SSSR count). The molecule has 14 heteroatoms. The molecule has 2 N–H and O–H groups in total. The maximum Gasteiger partial charge on any atom is 0.343 e. The highest BCUT2D eigenvalue weighted by atomic mass is 79.9. The van der Waals surface area contributed by atoms with Crippen LogP contribution in [0, 0.1) is 0 Å². The van der Waals surface area contributed by atoms with E-state index in [1.807, 2.05) is 0 Å². The van der Waals surface area contributed by atoms with Crippen molar-refractivity contribution in [2.24, 2.45) is 10.2 Å². The molecule has 0 saturated carbocycles. The predicted octanol–water partition coefficient (Wildman–Crippen LogP) is 6.05. The van der Waals surface area contributed by atoms with Gasteiger partial charge < -0.3 is 18.9 Å². The van der Waals surface area contributed by atoms with Crippen LogP contribution in [0.1, 0.15) is 44.7 Å². The van der Waals surface area contributed by atoms with E-state index in [2.05, 4.69) is 52.9 Å². The number of amides is 2. The molecule has 48 heavy (non-hydrogen) atoms. The molecule has 0 heterocycles. The number of hydrazone groups is 2. The maximum absolute atomic E-state index is 12.6. The number of rotatable bonds is 13. The van der Waals surface area contributed by atoms with Gasteiger partial charge >= 0.3 is 11.9 Å². The third-order valence-corrected chi connectivity index (χ3v) is 7.35. The standard InChI is InChI=1S/C34H28Br2N4O8/c1-45-27-9-3-21(4-10-27)33(43)47-29-13-7-25(35)17-23(29)19-37-39-31(41)15-16-32(42)40-38-20-24-18-26(36)8-14-30(24)48-34(44)22-5-11-28(46-2)12-6-22/h3-14,17-20H,15-16H2,1-2H3,(H,39,41)(H,40,42). The minimum absolute atomic E-state index is 0.182. The summed E-state index contributed by atoms with van der Waals surface area (Å²) in [6.07, 6.45) is 2.28. The Morgan fingerprint density at radius 3 is 1.33 bits per heavy atom. The Labute approximate surface area is 292 Å². The smallest absolute Gasteiger partial charge is 0.343 e. The fraction of sp³-hybridized carbons (Fsp3) is 0.118. The van der Waals surface area contributed by atoms with Crippen LogP contribution in [0.2, 0.25) is 0 Å². The van der Waals surface area contributed by atoms with Gasteiger partial charge in [0.05, 0.1) is 37.8 Å². The van der Waals surface area contributed by atoms with Crippen molar-refractivity contribution in [3.8, 4) is 23.0 Å². The van der Waals surface area contributed by atoms with Gasteiger partial charge in [-0.2, -0.15) is 10.2 Å². The van der Waals surface area contributed by atoms with Crippen molar-refractivity contribution in [2.75, 3.05) is 14.2 Å². The van der Waals surface area contributed by atoms with Crippen LogP contribution in [-0.2, 0) is 9.59 Å². The summed E-state index contributed by atoms with van der Waals surface area (Å²) in [4.78, 5) is 49.9. The minimum atomic E-state index is -0.585. The normalized spacial score (nSPS) is 10.8. The lowest BCUT2D eigenvalue weighted by molar-refractivity contribution is -0.126. The lowest BCUT2D eigenvalue weighted by atomic mass is 10.2. The van der Waals surface area contributed by atoms with E-state index < -0.39 is 23.8 Å². The first kappa shape index (κ1) is 35.5. The summed E-state index contributed by atoms with van der Waals surface area (Å²) in [7, 11) is 3.05. The predicted molar refractivity (Wildman–Crippen MR) is 185 cm³/mol. The Hall–Kier alpha value is -5.34. The Morgan fingerprint density at radius 1 is 0.604 bits per heavy atom. The van der Waals surface area contributed by atoms with Crippen LogP contribution in [0.5, 0.6) is 23.0 Å². The van der Waals surface area contributed by atoms with Gasteiger partial charge in [0, 0.05) is 32.9 Å². The molecular formula is C34H28Br2N4O8. The van der Waals surface area contributed by atoms with Crippen LogP contribution in [0.15, 0.2) is 104 Å². The number of ether oxygens (including phenoxy) is 4. The van der Waals surface area contributed by atoms with Crippen molar-refractivity contribution >= 4 is 68.0 Å². The van der Waals surface area contributed by atoms with Gasteiger partial charge in [0.2, 0.25) is 11.8 Å². The zero-order valence-corrected chi connectivity index (χ0v) is 28.7. The minimum Gasteiger partial charge on any atom is -0.497 e. The molecule has 0 aliphatic carbocycles. The number of nitrogens with one attached hydrogen (secondary N) is 2. The Bertz CT molecular complexity index is 1710. The average molecular weight is 780 g/mol. The first-order valence-corrected chi connectivity index (χ1v) is 15.7. The molecule has 4 aromatic rings. The largest absolute Gasteiger partial charge is 0.497 e. The van der Waals surface area contributed by atoms with Gasteiger partial charge in [0.1, 0.15) is 23.0 Å². The van der Waals surface area contributed by atoms with Gasteiger partial charge in [0.15, 0.2) is 0 Å². The third kappa shape index (κ3) is 10.6. The second kappa shape index (κ2) is 17.5. The quantitative estimate of drug-likeness (QED) is 0.0720. The van der Waals surface area contributed by atoms with E-state index in [0.717, 1.165) is 0 Å². The first-order chi connectivity index (χ1) is 23.1. The van der Waals surface area contributed by atoms with Crippen LogP contribution < -0.4 is 29.8 Å². The molecule has 0 spiro atoms. The molecule has 2 amide bonds. The van der Waals surface area contributed by atoms with E-state index in [9.17, 15) is 19.2 Å². The number of halogens is 2. The molecule has 0 saturated heterocycles. The lowest BCUT2D eigenvalue weighted by Gasteiger charge is -2.09. The van der Waals surface area contributed by atoms with Crippen LogP contribution in [0.3, 0.4) is 0 Å². The number of benzene rings is 4. The fourth-order valence-electron chi connectivity index (χ4n) is 3.88. The molecular weight excluding hydrogens is 752 g/mol. The monoisotopic (exact) mass is 778 g/mol. The van der Waals surface area contributed by atoms with Crippen LogP contribution >= 0.6 is 31.9 Å². The van der Waals surface area contributed by atoms with Crippen molar-refractivity contribution in [1.82, 2.24) is 10.9 Å². The van der Waals surface area contributed by atoms with Gasteiger partial charge in [-0.05, 0) is 84.9 Å². The van der Waals surface area contributed by atoms with Crippen molar-refractivity contribution < 1.29 is 38.1 Å². The number of nitrogens with zero attached hydrogens (tertiary/aromatic N) is 2. The number of esters is 2. The molecule has 0 aromatic heterocycles. The first-order valence-electron chi connectivity index (χ1n) is 14.1. The molecule has 12 nitrogen and oxygen atoms in total. The van der Waals surface area contributed by atoms with Crippen LogP contribution in [0.25, 0.3) is 0 Å². The number of methoxy groups -OCH3 is 2. The maximum atomic E-state index is 12.6. The van der Waals surface area contributed by atoms with E-state index >= 15 is 0 Å². The van der Waals surface area contributed by atoms with Gasteiger partial charge in [-0.3, -0.25) is 9.59 Å². The molecule has 0 atom stereocenters. The summed E-state index contributed by atoms with van der Waals surface area (Å²) in [5.41, 5.74) is 6.17. The zero-order chi connectivity index (χ0) is 34.5. The van der Waals surface area contributed by atoms with E-state index in [1.165, 1.54) is 26.6 Å². The highest BCUT2D eigenvalue weighted by Gasteiger charge is 2.14. The van der Waals surface area contributed by atoms with Gasteiger partial charge in [-0.25, -0.2) is 20.4 Å². The van der Waals surface area contributed by atoms with Gasteiger partial charge in [-0.15, -0.1) is 0 Å². The lowest BCUT2D eigenvalue weighted by Crippen LogP contribution is -2.23. The van der Waals surface area contributed by atoms with Crippen LogP contribution in [-0.4, -0.2) is 50.4 Å². The number of hydrogen-bond acceptors (Lipinski definition) is 10. The SMILES string of the molecule is COc1ccc(C(=O)Oc2ccc(Br)cc2C=NNC(=O)CCC(=O)NN=Cc2cc(Br)ccc2OC(=O)c2ccc(OC)cc2)cc1. The molecule has 0 radical (unpaired) electrons. The molecule has 4 aromatic carbocycles. The van der Waals surface area contributed by atoms with Crippen molar-refractivity contribution in [2.45, 2.75) is 12.8 Å². The van der Waals surface area contributed by atoms with Crippen molar-refractivity contribution in [3.05, 3.63) is 116 Å². The summed E-state index contributed by atoms with van der Waals surface area (Å²) in [5, 5.41) is 7.86. The average Bonchev–Trinajstić information content (AvgIpc) is 3.09. The Kier molecular flexibility index (Phi) is 13.0. The summed E-state index contributed by atoms with van der Waals surface area (Å²) < 4.78 is 22.7. The molecule has 0 fully saturated rings. The number of carbonyl (C=O) groups is 4. The highest BCUT2D eigenvalue weighted by molar-refractivity contribution is 9.10. The van der Waals surface area contributed by atoms with Crippen molar-refractivity contribution in [3.63, 3.8) is 0 Å². The number of carbonyl (C=O) groups excluding carboxylic acids is 4. The third-order valence-electron chi connectivity index (χ3n) is 6.37. The van der Waals surface area contributed by atoms with Gasteiger partial charge in [0.25, 0.3) is 0 Å². The Morgan fingerprint density at radius 2 is 0.979 bits per heavy atom. The molecule has 0 unspecified atom stereocenters. The topological polar surface area (TPSA) is 154 Å². The Balaban J connectivity index is 1.27. The molecule has 0 aliphatic rings. The summed E-state index contributed by atoms with van der Waals surface area (Å²) in [6, 6.07) is 22.8. The molecule has 0 aliphatic heterocycles. The fourth-order valence-corrected chi connectivity index (χ4v) is 4.64. The number of hydrogen-bond donors (Lipinski definition) is 2. The van der Waals surface area contributed by atoms with E-state index in [-0.39, 0.29) is 24.3 Å². The second-order valence-corrected chi connectivity index (χ2v) is 11.5. The molecule has 0 bridgehead atoms. The summed E-state index contributed by atoms with van der Waals surface area (Å²) in [6.45, 7) is 0. The second-order valence-electron chi connectivity index (χ2n) is 9.69. The van der Waals surface area contributed by atoms with E-state index in [0.29, 0.717) is 42.7 Å². The molecule has 246 valence electrons. The van der Waals surface area contributed by atoms with Gasteiger partial charge in [-0.1, -0.05) is 31.9 Å². The highest BCUT2D eigenvalue weighted by Crippen LogP contribution is 2.25. The van der Waals surface area contributed by atoms with Crippen LogP contribution in [0.4, 0.5) is 0 Å². The zero-order valence-electron chi connectivity index (χ0n) is 25.6.